The molecule has 1 N–H and O–H groups in total. The molecule has 3 aromatic rings. The Balaban J connectivity index is 2.24. The molecule has 0 fully saturated rings. The molecule has 0 aliphatic rings. The van der Waals surface area contributed by atoms with E-state index >= 15 is 0 Å². The van der Waals surface area contributed by atoms with Crippen molar-refractivity contribution in [2.24, 2.45) is 0 Å². The third kappa shape index (κ3) is 3.46. The highest BCUT2D eigenvalue weighted by atomic mass is 127. The van der Waals surface area contributed by atoms with Crippen LogP contribution >= 0.6 is 22.6 Å². The fourth-order valence-electron chi connectivity index (χ4n) is 2.56. The topological polar surface area (TPSA) is 76.4 Å². The van der Waals surface area contributed by atoms with E-state index in [1.807, 2.05) is 28.7 Å². The summed E-state index contributed by atoms with van der Waals surface area (Å²) in [6.45, 7) is 0.261. The summed E-state index contributed by atoms with van der Waals surface area (Å²) in [5.41, 5.74) is 0.302. The largest absolute Gasteiger partial charge is 0.475 e. The van der Waals surface area contributed by atoms with E-state index in [1.165, 1.54) is 18.3 Å². The minimum Gasteiger partial charge on any atom is -0.475 e. The molecule has 0 saturated heterocycles. The molecule has 0 bridgehead atoms. The summed E-state index contributed by atoms with van der Waals surface area (Å²) in [7, 11) is 0. The van der Waals surface area contributed by atoms with E-state index in [9.17, 15) is 18.8 Å². The van der Waals surface area contributed by atoms with Crippen molar-refractivity contribution in [1.82, 2.24) is 4.57 Å². The Hall–Kier alpha value is -2.55. The van der Waals surface area contributed by atoms with E-state index in [0.717, 1.165) is 9.13 Å². The fraction of sp³-hybridized carbons (Fsp3) is 0.0556. The second kappa shape index (κ2) is 6.75. The van der Waals surface area contributed by atoms with Gasteiger partial charge in [-0.05, 0) is 58.5 Å². The number of benzene rings is 2. The number of carbonyl (C=O) groups is 2. The molecule has 0 atom stereocenters. The average Bonchev–Trinajstić information content (AvgIpc) is 2.58. The highest BCUT2D eigenvalue weighted by molar-refractivity contribution is 14.1. The molecule has 0 aliphatic heterocycles. The highest BCUT2D eigenvalue weighted by Crippen LogP contribution is 2.18. The van der Waals surface area contributed by atoms with Crippen LogP contribution in [0.4, 0.5) is 4.39 Å². The maximum Gasteiger partial charge on any atom is 0.377 e. The molecule has 0 aliphatic carbocycles. The van der Waals surface area contributed by atoms with Gasteiger partial charge in [-0.3, -0.25) is 9.59 Å². The zero-order valence-corrected chi connectivity index (χ0v) is 14.9. The Morgan fingerprint density at radius 3 is 2.44 bits per heavy atom. The summed E-state index contributed by atoms with van der Waals surface area (Å²) >= 11 is 2.03. The highest BCUT2D eigenvalue weighted by Gasteiger charge is 2.21. The predicted molar refractivity (Wildman–Crippen MR) is 98.4 cm³/mol. The Morgan fingerprint density at radius 2 is 1.80 bits per heavy atom. The van der Waals surface area contributed by atoms with Gasteiger partial charge < -0.3 is 9.67 Å². The van der Waals surface area contributed by atoms with Crippen LogP contribution < -0.4 is 5.43 Å². The molecule has 3 rings (SSSR count). The molecule has 5 nitrogen and oxygen atoms in total. The Bertz CT molecular complexity index is 1060. The molecule has 0 saturated carbocycles. The zero-order chi connectivity index (χ0) is 18.1. The van der Waals surface area contributed by atoms with Crippen LogP contribution in [0.2, 0.25) is 0 Å². The molecular formula is C18H11FINO4. The van der Waals surface area contributed by atoms with E-state index in [4.69, 9.17) is 5.11 Å². The van der Waals surface area contributed by atoms with E-state index < -0.39 is 22.7 Å². The smallest absolute Gasteiger partial charge is 0.377 e. The van der Waals surface area contributed by atoms with Crippen LogP contribution in [-0.2, 0) is 11.3 Å². The van der Waals surface area contributed by atoms with Crippen LogP contribution in [0.25, 0.3) is 10.9 Å². The van der Waals surface area contributed by atoms with Crippen molar-refractivity contribution in [3.05, 3.63) is 79.4 Å². The number of rotatable bonds is 4. The normalized spacial score (nSPS) is 10.8. The number of fused-ring (bicyclic) bond motifs is 1. The van der Waals surface area contributed by atoms with E-state index in [1.54, 1.807) is 28.8 Å². The van der Waals surface area contributed by atoms with Gasteiger partial charge in [-0.2, -0.15) is 0 Å². The van der Waals surface area contributed by atoms with Crippen molar-refractivity contribution in [3.8, 4) is 0 Å². The van der Waals surface area contributed by atoms with Gasteiger partial charge >= 0.3 is 5.97 Å². The second-order valence-corrected chi connectivity index (χ2v) is 6.67. The SMILES string of the molecule is O=C(O)C(=O)c1cn(Cc2ccc(F)cc2)c2ccc(I)cc2c1=O. The third-order valence-electron chi connectivity index (χ3n) is 3.75. The average molecular weight is 451 g/mol. The Morgan fingerprint density at radius 1 is 1.12 bits per heavy atom. The lowest BCUT2D eigenvalue weighted by atomic mass is 10.1. The van der Waals surface area contributed by atoms with Gasteiger partial charge in [0.1, 0.15) is 5.82 Å². The van der Waals surface area contributed by atoms with Gasteiger partial charge in [0.25, 0.3) is 5.78 Å². The molecule has 7 heteroatoms. The van der Waals surface area contributed by atoms with Crippen molar-refractivity contribution < 1.29 is 19.1 Å². The molecular weight excluding hydrogens is 440 g/mol. The number of pyridine rings is 1. The first-order chi connectivity index (χ1) is 11.9. The van der Waals surface area contributed by atoms with Gasteiger partial charge in [0.2, 0.25) is 5.43 Å². The Kier molecular flexibility index (Phi) is 4.67. The number of nitrogens with zero attached hydrogens (tertiary/aromatic N) is 1. The van der Waals surface area contributed by atoms with E-state index in [0.29, 0.717) is 5.52 Å². The van der Waals surface area contributed by atoms with Crippen LogP contribution in [0.15, 0.2) is 53.5 Å². The summed E-state index contributed by atoms with van der Waals surface area (Å²) in [5, 5.41) is 9.22. The summed E-state index contributed by atoms with van der Waals surface area (Å²) in [5.74, 6) is -3.31. The quantitative estimate of drug-likeness (QED) is 0.376. The van der Waals surface area contributed by atoms with Crippen LogP contribution in [0, 0.1) is 9.39 Å². The summed E-state index contributed by atoms with van der Waals surface area (Å²) in [6.07, 6.45) is 1.25. The zero-order valence-electron chi connectivity index (χ0n) is 12.7. The lowest BCUT2D eigenvalue weighted by Crippen LogP contribution is -2.24. The molecule has 0 radical (unpaired) electrons. The standard InChI is InChI=1S/C18H11FINO4/c19-11-3-1-10(2-4-11)8-21-9-14(17(23)18(24)25)16(22)13-7-12(20)5-6-15(13)21/h1-7,9H,8H2,(H,24,25). The van der Waals surface area contributed by atoms with Gasteiger partial charge in [0.05, 0.1) is 11.1 Å². The van der Waals surface area contributed by atoms with Crippen LogP contribution in [0.5, 0.6) is 0 Å². The third-order valence-corrected chi connectivity index (χ3v) is 4.42. The number of aliphatic carboxylic acids is 1. The van der Waals surface area contributed by atoms with Crippen molar-refractivity contribution in [1.29, 1.82) is 0 Å². The number of carboxylic acid groups (broad SMARTS) is 1. The number of Topliss-reactive ketones (excluding diaryl/α,β-unsaturated/α-hetero) is 1. The molecule has 126 valence electrons. The number of halogens is 2. The van der Waals surface area contributed by atoms with Crippen molar-refractivity contribution in [2.75, 3.05) is 0 Å². The van der Waals surface area contributed by atoms with Crippen molar-refractivity contribution in [3.63, 3.8) is 0 Å². The number of hydrogen-bond acceptors (Lipinski definition) is 3. The predicted octanol–water partition coefficient (Wildman–Crippen LogP) is 3.06. The van der Waals surface area contributed by atoms with Crippen LogP contribution in [0.1, 0.15) is 15.9 Å². The molecule has 0 amide bonds. The lowest BCUT2D eigenvalue weighted by molar-refractivity contribution is -0.131. The molecule has 1 aromatic heterocycles. The summed E-state index contributed by atoms with van der Waals surface area (Å²) in [6, 6.07) is 10.9. The first-order valence-corrected chi connectivity index (χ1v) is 8.29. The van der Waals surface area contributed by atoms with Crippen LogP contribution in [0.3, 0.4) is 0 Å². The summed E-state index contributed by atoms with van der Waals surface area (Å²) < 4.78 is 15.5. The Labute approximate surface area is 154 Å². The number of ketones is 1. The van der Waals surface area contributed by atoms with Gasteiger partial charge in [-0.15, -0.1) is 0 Å². The maximum absolute atomic E-state index is 13.1. The molecule has 0 unspecified atom stereocenters. The first kappa shape index (κ1) is 17.3. The van der Waals surface area contributed by atoms with E-state index in [-0.39, 0.29) is 17.7 Å². The monoisotopic (exact) mass is 451 g/mol. The van der Waals surface area contributed by atoms with Gasteiger partial charge in [0.15, 0.2) is 0 Å². The fourth-order valence-corrected chi connectivity index (χ4v) is 3.06. The van der Waals surface area contributed by atoms with E-state index in [2.05, 4.69) is 0 Å². The molecule has 25 heavy (non-hydrogen) atoms. The molecule has 0 spiro atoms. The number of carbonyl (C=O) groups excluding carboxylic acids is 1. The van der Waals surface area contributed by atoms with Crippen molar-refractivity contribution >= 4 is 45.2 Å². The lowest BCUT2D eigenvalue weighted by Gasteiger charge is -2.13. The first-order valence-electron chi connectivity index (χ1n) is 7.21. The van der Waals surface area contributed by atoms with Gasteiger partial charge in [-0.1, -0.05) is 12.1 Å². The van der Waals surface area contributed by atoms with Crippen LogP contribution in [-0.4, -0.2) is 21.4 Å². The molecule has 2 aromatic carbocycles. The van der Waals surface area contributed by atoms with Gasteiger partial charge in [-0.25, -0.2) is 9.18 Å². The second-order valence-electron chi connectivity index (χ2n) is 5.42. The number of aromatic nitrogens is 1. The minimum atomic E-state index is -1.68. The maximum atomic E-state index is 13.1. The number of hydrogen-bond donors (Lipinski definition) is 1. The number of carboxylic acids is 1. The van der Waals surface area contributed by atoms with Crippen molar-refractivity contribution in [2.45, 2.75) is 6.54 Å². The van der Waals surface area contributed by atoms with Gasteiger partial charge in [0, 0.05) is 21.7 Å². The molecule has 1 heterocycles. The summed E-state index contributed by atoms with van der Waals surface area (Å²) in [4.78, 5) is 35.4. The minimum absolute atomic E-state index is 0.261.